The number of anilines is 2. The summed E-state index contributed by atoms with van der Waals surface area (Å²) in [5, 5.41) is 8.52. The van der Waals surface area contributed by atoms with E-state index in [1.54, 1.807) is 31.8 Å². The van der Waals surface area contributed by atoms with Crippen molar-refractivity contribution in [3.8, 4) is 17.3 Å². The molecule has 0 bridgehead atoms. The smallest absolute Gasteiger partial charge is 0.225 e. The van der Waals surface area contributed by atoms with Gasteiger partial charge in [-0.2, -0.15) is 14.6 Å². The summed E-state index contributed by atoms with van der Waals surface area (Å²) in [6.45, 7) is 3.82. The van der Waals surface area contributed by atoms with Crippen molar-refractivity contribution in [2.75, 3.05) is 43.4 Å². The van der Waals surface area contributed by atoms with E-state index in [-0.39, 0.29) is 18.3 Å². The molecule has 0 radical (unpaired) electrons. The van der Waals surface area contributed by atoms with Crippen LogP contribution in [-0.4, -0.2) is 81.5 Å². The third-order valence-electron chi connectivity index (χ3n) is 7.18. The molecule has 1 saturated heterocycles. The van der Waals surface area contributed by atoms with Crippen LogP contribution in [0.3, 0.4) is 0 Å². The van der Waals surface area contributed by atoms with Gasteiger partial charge in [-0.1, -0.05) is 0 Å². The monoisotopic (exact) mass is 576 g/mol. The molecule has 0 unspecified atom stereocenters. The highest BCUT2D eigenvalue weighted by molar-refractivity contribution is 5.87. The Labute approximate surface area is 237 Å². The maximum Gasteiger partial charge on any atom is 0.225 e. The normalized spacial score (nSPS) is 14.4. The first kappa shape index (κ1) is 25.8. The summed E-state index contributed by atoms with van der Waals surface area (Å²) >= 11 is 0. The molecule has 6 heterocycles. The van der Waals surface area contributed by atoms with E-state index >= 15 is 0 Å². The van der Waals surface area contributed by atoms with Crippen molar-refractivity contribution >= 4 is 28.4 Å². The van der Waals surface area contributed by atoms with E-state index in [0.717, 1.165) is 6.07 Å². The van der Waals surface area contributed by atoms with Gasteiger partial charge in [-0.05, 0) is 12.1 Å². The number of nitrogen functional groups attached to an aromatic ring is 1. The predicted molar refractivity (Wildman–Crippen MR) is 147 cm³/mol. The van der Waals surface area contributed by atoms with E-state index in [2.05, 4.69) is 35.0 Å². The van der Waals surface area contributed by atoms with Gasteiger partial charge in [0.05, 0.1) is 18.3 Å². The molecular formula is C26H26F2N12O2. The highest BCUT2D eigenvalue weighted by atomic mass is 19.1. The Bertz CT molecular complexity index is 1870. The molecule has 42 heavy (non-hydrogen) atoms. The van der Waals surface area contributed by atoms with Crippen LogP contribution in [0.15, 0.2) is 47.6 Å². The summed E-state index contributed by atoms with van der Waals surface area (Å²) in [7, 11) is 1.73. The van der Waals surface area contributed by atoms with Crippen LogP contribution in [0.5, 0.6) is 5.75 Å². The summed E-state index contributed by atoms with van der Waals surface area (Å²) in [4.78, 5) is 21.8. The van der Waals surface area contributed by atoms with Crippen LogP contribution in [0.4, 0.5) is 20.4 Å². The molecule has 1 aliphatic rings. The third kappa shape index (κ3) is 4.74. The standard InChI is InChI=1S/C26H26F2N12O2/c1-36-14-30-21(34-36)13-42-20-12-18(16(27)11-17(20)28)38-7-4-37(5-8-38)6-9-39-15-31-22-24(39)33-26(29)40-25(22)32-23(35-40)19-3-2-10-41-19/h2-3,10-12,14-15H,4-9,13H2,1H3,(H2,29,33). The van der Waals surface area contributed by atoms with Gasteiger partial charge in [-0.15, -0.1) is 5.10 Å². The number of nitrogens with zero attached hydrogens (tertiary/aromatic N) is 11. The largest absolute Gasteiger partial charge is 0.482 e. The fraction of sp³-hybridized carbons (Fsp3) is 0.308. The van der Waals surface area contributed by atoms with Crippen LogP contribution in [0.1, 0.15) is 5.82 Å². The van der Waals surface area contributed by atoms with Gasteiger partial charge in [0.15, 0.2) is 40.0 Å². The topological polar surface area (TPSA) is 146 Å². The fourth-order valence-corrected chi connectivity index (χ4v) is 5.03. The molecule has 5 aromatic heterocycles. The second-order valence-electron chi connectivity index (χ2n) is 9.91. The van der Waals surface area contributed by atoms with Crippen molar-refractivity contribution in [1.29, 1.82) is 0 Å². The molecule has 0 spiro atoms. The number of imidazole rings is 1. The Morgan fingerprint density at radius 3 is 2.60 bits per heavy atom. The quantitative estimate of drug-likeness (QED) is 0.284. The number of hydrogen-bond donors (Lipinski definition) is 1. The highest BCUT2D eigenvalue weighted by Crippen LogP contribution is 2.29. The number of aryl methyl sites for hydroxylation is 1. The number of furan rings is 1. The molecule has 2 N–H and O–H groups in total. The van der Waals surface area contributed by atoms with Crippen LogP contribution in [0.25, 0.3) is 28.4 Å². The van der Waals surface area contributed by atoms with Gasteiger partial charge in [0, 0.05) is 58.4 Å². The highest BCUT2D eigenvalue weighted by Gasteiger charge is 2.23. The summed E-state index contributed by atoms with van der Waals surface area (Å²) < 4.78 is 45.1. The lowest BCUT2D eigenvalue weighted by atomic mass is 10.2. The molecule has 0 atom stereocenters. The molecule has 1 aliphatic heterocycles. The zero-order chi connectivity index (χ0) is 28.8. The minimum atomic E-state index is -0.770. The number of halogens is 2. The van der Waals surface area contributed by atoms with Crippen LogP contribution >= 0.6 is 0 Å². The molecular weight excluding hydrogens is 550 g/mol. The van der Waals surface area contributed by atoms with E-state index in [1.165, 1.54) is 21.6 Å². The molecule has 16 heteroatoms. The average molecular weight is 577 g/mol. The van der Waals surface area contributed by atoms with Crippen molar-refractivity contribution < 1.29 is 17.9 Å². The Kier molecular flexibility index (Phi) is 6.38. The Morgan fingerprint density at radius 2 is 1.83 bits per heavy atom. The van der Waals surface area contributed by atoms with Crippen molar-refractivity contribution in [3.63, 3.8) is 0 Å². The fourth-order valence-electron chi connectivity index (χ4n) is 5.03. The molecule has 6 aromatic rings. The van der Waals surface area contributed by atoms with E-state index < -0.39 is 11.6 Å². The average Bonchev–Trinajstić information content (AvgIpc) is 3.79. The van der Waals surface area contributed by atoms with Crippen molar-refractivity contribution in [2.45, 2.75) is 13.2 Å². The lowest BCUT2D eigenvalue weighted by Crippen LogP contribution is -2.47. The number of nitrogens with two attached hydrogens (primary N) is 1. The number of piperazine rings is 1. The van der Waals surface area contributed by atoms with Crippen LogP contribution in [0.2, 0.25) is 0 Å². The lowest BCUT2D eigenvalue weighted by Gasteiger charge is -2.36. The van der Waals surface area contributed by atoms with E-state index in [4.69, 9.17) is 14.9 Å². The number of ether oxygens (including phenoxy) is 1. The first-order valence-corrected chi connectivity index (χ1v) is 13.3. The Hall–Kier alpha value is -5.12. The molecule has 14 nitrogen and oxygen atoms in total. The van der Waals surface area contributed by atoms with Crippen molar-refractivity contribution in [1.82, 2.24) is 48.8 Å². The second kappa shape index (κ2) is 10.4. The molecule has 0 aliphatic carbocycles. The first-order chi connectivity index (χ1) is 20.4. The van der Waals surface area contributed by atoms with Crippen LogP contribution in [-0.2, 0) is 20.2 Å². The van der Waals surface area contributed by atoms with Gasteiger partial charge >= 0.3 is 0 Å². The minimum absolute atomic E-state index is 0.0200. The summed E-state index contributed by atoms with van der Waals surface area (Å²) in [5.74, 6) is 0.0773. The molecule has 216 valence electrons. The van der Waals surface area contributed by atoms with Crippen molar-refractivity contribution in [2.24, 2.45) is 7.05 Å². The maximum atomic E-state index is 14.8. The first-order valence-electron chi connectivity index (χ1n) is 13.3. The maximum absolute atomic E-state index is 14.8. The van der Waals surface area contributed by atoms with Gasteiger partial charge in [-0.3, -0.25) is 9.58 Å². The van der Waals surface area contributed by atoms with Crippen molar-refractivity contribution in [3.05, 3.63) is 60.6 Å². The van der Waals surface area contributed by atoms with Gasteiger partial charge < -0.3 is 24.4 Å². The lowest BCUT2D eigenvalue weighted by molar-refractivity contribution is 0.248. The summed E-state index contributed by atoms with van der Waals surface area (Å²) in [6.07, 6.45) is 4.79. The van der Waals surface area contributed by atoms with Crippen LogP contribution < -0.4 is 15.4 Å². The SMILES string of the molecule is Cn1cnc(COc2cc(N3CCN(CCn4cnc5c4nc(N)n4nc(-c6ccco6)nc54)CC3)c(F)cc2F)n1. The van der Waals surface area contributed by atoms with Gasteiger partial charge in [0.25, 0.3) is 0 Å². The minimum Gasteiger partial charge on any atom is -0.482 e. The number of fused-ring (bicyclic) bond motifs is 3. The van der Waals surface area contributed by atoms with Gasteiger partial charge in [0.2, 0.25) is 11.8 Å². The Morgan fingerprint density at radius 1 is 0.976 bits per heavy atom. The van der Waals surface area contributed by atoms with E-state index in [1.807, 2.05) is 9.47 Å². The number of rotatable bonds is 8. The predicted octanol–water partition coefficient (Wildman–Crippen LogP) is 2.12. The molecule has 1 fully saturated rings. The molecule has 0 amide bonds. The second-order valence-corrected chi connectivity index (χ2v) is 9.91. The van der Waals surface area contributed by atoms with E-state index in [0.29, 0.717) is 79.2 Å². The van der Waals surface area contributed by atoms with E-state index in [9.17, 15) is 8.78 Å². The van der Waals surface area contributed by atoms with Crippen LogP contribution in [0, 0.1) is 11.6 Å². The zero-order valence-corrected chi connectivity index (χ0v) is 22.6. The zero-order valence-electron chi connectivity index (χ0n) is 22.6. The molecule has 1 aromatic carbocycles. The van der Waals surface area contributed by atoms with Gasteiger partial charge in [0.1, 0.15) is 18.8 Å². The number of hydrogen-bond acceptors (Lipinski definition) is 11. The Balaban J connectivity index is 1.01. The summed E-state index contributed by atoms with van der Waals surface area (Å²) in [5.41, 5.74) is 8.19. The number of benzene rings is 1. The molecule has 7 rings (SSSR count). The summed E-state index contributed by atoms with van der Waals surface area (Å²) in [6, 6.07) is 5.79. The number of aromatic nitrogens is 9. The van der Waals surface area contributed by atoms with Gasteiger partial charge in [-0.25, -0.2) is 23.7 Å². The molecule has 0 saturated carbocycles. The third-order valence-corrected chi connectivity index (χ3v) is 7.18.